The van der Waals surface area contributed by atoms with E-state index in [9.17, 15) is 4.79 Å². The molecule has 0 atom stereocenters. The van der Waals surface area contributed by atoms with Gasteiger partial charge in [0.05, 0.1) is 15.7 Å². The fourth-order valence-corrected chi connectivity index (χ4v) is 3.74. The number of fused-ring (bicyclic) bond motifs is 1. The summed E-state index contributed by atoms with van der Waals surface area (Å²) in [4.78, 5) is 13.3. The first kappa shape index (κ1) is 19.4. The number of alkyl halides is 1. The van der Waals surface area contributed by atoms with E-state index in [1.54, 1.807) is 0 Å². The van der Waals surface area contributed by atoms with Gasteiger partial charge in [-0.25, -0.2) is 0 Å². The number of aryl methyl sites for hydroxylation is 1. The molecule has 1 aromatic heterocycles. The molecule has 0 spiro atoms. The molecule has 0 aliphatic rings. The highest BCUT2D eigenvalue weighted by molar-refractivity contribution is 14.1. The van der Waals surface area contributed by atoms with Crippen molar-refractivity contribution in [1.29, 1.82) is 0 Å². The van der Waals surface area contributed by atoms with Crippen molar-refractivity contribution in [3.05, 3.63) is 62.9 Å². The molecule has 3 nitrogen and oxygen atoms in total. The standard InChI is InChI=1S/C21H20BrIO3/c1-2-3-7-19-20(15-6-4-5-8-17(15)26-19)21(24)14-9-10-18(16(23)13-14)25-12-11-22/h4-6,8-10,13H,2-3,7,11-12H2,1H3. The summed E-state index contributed by atoms with van der Waals surface area (Å²) >= 11 is 5.57. The minimum Gasteiger partial charge on any atom is -0.492 e. The van der Waals surface area contributed by atoms with Crippen LogP contribution in [0.25, 0.3) is 11.0 Å². The molecule has 26 heavy (non-hydrogen) atoms. The molecule has 5 heteroatoms. The van der Waals surface area contributed by atoms with Crippen LogP contribution < -0.4 is 4.74 Å². The summed E-state index contributed by atoms with van der Waals surface area (Å²) in [7, 11) is 0. The SMILES string of the molecule is CCCCc1oc2ccccc2c1C(=O)c1ccc(OCCBr)c(I)c1. The number of halogens is 2. The highest BCUT2D eigenvalue weighted by Gasteiger charge is 2.22. The maximum absolute atomic E-state index is 13.3. The molecule has 3 rings (SSSR count). The molecule has 0 fully saturated rings. The average Bonchev–Trinajstić information content (AvgIpc) is 3.03. The second kappa shape index (κ2) is 9.04. The molecule has 0 N–H and O–H groups in total. The highest BCUT2D eigenvalue weighted by Crippen LogP contribution is 2.31. The van der Waals surface area contributed by atoms with Gasteiger partial charge in [-0.3, -0.25) is 4.79 Å². The quantitative estimate of drug-likeness (QED) is 0.194. The Morgan fingerprint density at radius 1 is 1.23 bits per heavy atom. The zero-order valence-electron chi connectivity index (χ0n) is 14.6. The zero-order valence-corrected chi connectivity index (χ0v) is 18.3. The van der Waals surface area contributed by atoms with E-state index in [0.717, 1.165) is 50.6 Å². The van der Waals surface area contributed by atoms with Crippen LogP contribution in [0.2, 0.25) is 0 Å². The van der Waals surface area contributed by atoms with Gasteiger partial charge in [0.1, 0.15) is 17.1 Å². The van der Waals surface area contributed by atoms with Crippen molar-refractivity contribution in [2.75, 3.05) is 11.9 Å². The lowest BCUT2D eigenvalue weighted by Gasteiger charge is -2.09. The predicted molar refractivity (Wildman–Crippen MR) is 117 cm³/mol. The van der Waals surface area contributed by atoms with Gasteiger partial charge in [-0.1, -0.05) is 47.5 Å². The van der Waals surface area contributed by atoms with Crippen molar-refractivity contribution in [3.63, 3.8) is 0 Å². The number of hydrogen-bond acceptors (Lipinski definition) is 3. The molecule has 3 aromatic rings. The number of ether oxygens (including phenoxy) is 1. The molecule has 1 heterocycles. The zero-order chi connectivity index (χ0) is 18.5. The van der Waals surface area contributed by atoms with Crippen LogP contribution in [0, 0.1) is 3.57 Å². The smallest absolute Gasteiger partial charge is 0.197 e. The second-order valence-electron chi connectivity index (χ2n) is 6.01. The molecule has 2 aromatic carbocycles. The molecule has 0 aliphatic carbocycles. The van der Waals surface area contributed by atoms with Gasteiger partial charge < -0.3 is 9.15 Å². The number of carbonyl (C=O) groups is 1. The first-order valence-corrected chi connectivity index (χ1v) is 10.9. The first-order chi connectivity index (χ1) is 12.7. The topological polar surface area (TPSA) is 39.4 Å². The number of rotatable bonds is 8. The molecular formula is C21H20BrIO3. The van der Waals surface area contributed by atoms with Crippen LogP contribution in [-0.4, -0.2) is 17.7 Å². The monoisotopic (exact) mass is 526 g/mol. The molecule has 0 radical (unpaired) electrons. The Hall–Kier alpha value is -1.34. The summed E-state index contributed by atoms with van der Waals surface area (Å²) in [5.41, 5.74) is 2.12. The fraction of sp³-hybridized carbons (Fsp3) is 0.286. The summed E-state index contributed by atoms with van der Waals surface area (Å²) in [6.07, 6.45) is 2.83. The number of unbranched alkanes of at least 4 members (excludes halogenated alkanes) is 1. The Labute approximate surface area is 175 Å². The van der Waals surface area contributed by atoms with Crippen molar-refractivity contribution in [2.24, 2.45) is 0 Å². The van der Waals surface area contributed by atoms with Gasteiger partial charge in [0, 0.05) is 22.7 Å². The highest BCUT2D eigenvalue weighted by atomic mass is 127. The molecule has 0 saturated heterocycles. The lowest BCUT2D eigenvalue weighted by molar-refractivity contribution is 0.103. The third-order valence-electron chi connectivity index (χ3n) is 4.18. The predicted octanol–water partition coefficient (Wildman–Crippen LogP) is 6.38. The van der Waals surface area contributed by atoms with Gasteiger partial charge in [0.15, 0.2) is 5.78 Å². The van der Waals surface area contributed by atoms with Crippen LogP contribution in [-0.2, 0) is 6.42 Å². The molecule has 0 bridgehead atoms. The maximum Gasteiger partial charge on any atom is 0.197 e. The van der Waals surface area contributed by atoms with Crippen LogP contribution >= 0.6 is 38.5 Å². The van der Waals surface area contributed by atoms with E-state index in [1.165, 1.54) is 0 Å². The van der Waals surface area contributed by atoms with Gasteiger partial charge in [0.25, 0.3) is 0 Å². The fourth-order valence-electron chi connectivity index (χ4n) is 2.91. The van der Waals surface area contributed by atoms with Crippen molar-refractivity contribution < 1.29 is 13.9 Å². The molecule has 0 unspecified atom stereocenters. The lowest BCUT2D eigenvalue weighted by Crippen LogP contribution is -2.06. The van der Waals surface area contributed by atoms with Crippen LogP contribution in [0.3, 0.4) is 0 Å². The number of para-hydroxylation sites is 1. The van der Waals surface area contributed by atoms with E-state index in [0.29, 0.717) is 17.7 Å². The number of furan rings is 1. The third-order valence-corrected chi connectivity index (χ3v) is 5.35. The Bertz CT molecular complexity index is 917. The van der Waals surface area contributed by atoms with E-state index < -0.39 is 0 Å². The Kier molecular flexibility index (Phi) is 6.75. The van der Waals surface area contributed by atoms with E-state index in [4.69, 9.17) is 9.15 Å². The molecule has 0 amide bonds. The lowest BCUT2D eigenvalue weighted by atomic mass is 9.98. The van der Waals surface area contributed by atoms with Gasteiger partial charge in [-0.15, -0.1) is 0 Å². The van der Waals surface area contributed by atoms with Crippen LogP contribution in [0.15, 0.2) is 46.9 Å². The van der Waals surface area contributed by atoms with Crippen LogP contribution in [0.5, 0.6) is 5.75 Å². The minimum absolute atomic E-state index is 0.00557. The molecular weight excluding hydrogens is 507 g/mol. The van der Waals surface area contributed by atoms with Gasteiger partial charge in [0.2, 0.25) is 0 Å². The summed E-state index contributed by atoms with van der Waals surface area (Å²) in [5, 5.41) is 1.66. The van der Waals surface area contributed by atoms with E-state index >= 15 is 0 Å². The first-order valence-electron chi connectivity index (χ1n) is 8.69. The van der Waals surface area contributed by atoms with Gasteiger partial charge in [-0.05, 0) is 53.3 Å². The van der Waals surface area contributed by atoms with Crippen LogP contribution in [0.1, 0.15) is 41.4 Å². The van der Waals surface area contributed by atoms with Crippen LogP contribution in [0.4, 0.5) is 0 Å². The number of benzene rings is 2. The summed E-state index contributed by atoms with van der Waals surface area (Å²) < 4.78 is 12.6. The third kappa shape index (κ3) is 4.14. The Morgan fingerprint density at radius 3 is 2.77 bits per heavy atom. The van der Waals surface area contributed by atoms with Gasteiger partial charge >= 0.3 is 0 Å². The van der Waals surface area contributed by atoms with Crippen molar-refractivity contribution >= 4 is 55.3 Å². The number of carbonyl (C=O) groups excluding carboxylic acids is 1. The molecule has 0 saturated carbocycles. The summed E-state index contributed by atoms with van der Waals surface area (Å²) in [5.74, 6) is 1.59. The largest absolute Gasteiger partial charge is 0.492 e. The molecule has 0 aliphatic heterocycles. The van der Waals surface area contributed by atoms with E-state index in [1.807, 2.05) is 42.5 Å². The molecule has 136 valence electrons. The summed E-state index contributed by atoms with van der Waals surface area (Å²) in [6, 6.07) is 13.3. The number of hydrogen-bond donors (Lipinski definition) is 0. The number of ketones is 1. The Balaban J connectivity index is 2.00. The van der Waals surface area contributed by atoms with Crippen molar-refractivity contribution in [3.8, 4) is 5.75 Å². The average molecular weight is 527 g/mol. The normalized spacial score (nSPS) is 11.0. The second-order valence-corrected chi connectivity index (χ2v) is 7.97. The van der Waals surface area contributed by atoms with E-state index in [2.05, 4.69) is 45.4 Å². The Morgan fingerprint density at radius 2 is 2.04 bits per heavy atom. The van der Waals surface area contributed by atoms with Crippen molar-refractivity contribution in [1.82, 2.24) is 0 Å². The summed E-state index contributed by atoms with van der Waals surface area (Å²) in [6.45, 7) is 2.73. The maximum atomic E-state index is 13.3. The van der Waals surface area contributed by atoms with Gasteiger partial charge in [-0.2, -0.15) is 0 Å². The van der Waals surface area contributed by atoms with E-state index in [-0.39, 0.29) is 5.78 Å². The minimum atomic E-state index is 0.00557. The van der Waals surface area contributed by atoms with Crippen molar-refractivity contribution in [2.45, 2.75) is 26.2 Å².